The number of likely N-dealkylation sites (N-methyl/N-ethyl adjacent to an activating group) is 1. The molecule has 1 saturated heterocycles. The van der Waals surface area contributed by atoms with E-state index in [9.17, 15) is 4.79 Å². The zero-order valence-corrected chi connectivity index (χ0v) is 19.1. The van der Waals surface area contributed by atoms with Gasteiger partial charge in [0.05, 0.1) is 19.0 Å². The van der Waals surface area contributed by atoms with E-state index in [0.717, 1.165) is 54.0 Å². The van der Waals surface area contributed by atoms with E-state index < -0.39 is 0 Å². The van der Waals surface area contributed by atoms with Crippen molar-refractivity contribution in [2.75, 3.05) is 50.6 Å². The molecule has 1 amide bonds. The third-order valence-electron chi connectivity index (χ3n) is 5.92. The number of amides is 1. The van der Waals surface area contributed by atoms with Gasteiger partial charge >= 0.3 is 0 Å². The van der Waals surface area contributed by atoms with Gasteiger partial charge in [0, 0.05) is 67.5 Å². The summed E-state index contributed by atoms with van der Waals surface area (Å²) in [7, 11) is 3.71. The van der Waals surface area contributed by atoms with Crippen molar-refractivity contribution in [3.05, 3.63) is 66.9 Å². The summed E-state index contributed by atoms with van der Waals surface area (Å²) in [4.78, 5) is 35.0. The lowest BCUT2D eigenvalue weighted by Gasteiger charge is -2.33. The third-order valence-corrected chi connectivity index (χ3v) is 5.92. The van der Waals surface area contributed by atoms with Gasteiger partial charge in [-0.15, -0.1) is 0 Å². The van der Waals surface area contributed by atoms with Gasteiger partial charge in [-0.05, 0) is 42.8 Å². The molecule has 0 bridgehead atoms. The van der Waals surface area contributed by atoms with Gasteiger partial charge in [0.25, 0.3) is 5.91 Å². The molecular formula is C25H25N7O2. The summed E-state index contributed by atoms with van der Waals surface area (Å²) in [5.41, 5.74) is 2.15. The number of carbonyl (C=O) groups is 1. The second-order valence-electron chi connectivity index (χ2n) is 8.25. The number of hydrogen-bond donors (Lipinski definition) is 1. The van der Waals surface area contributed by atoms with Crippen LogP contribution in [0.5, 0.6) is 5.75 Å². The fourth-order valence-electron chi connectivity index (χ4n) is 3.89. The number of nitrogens with one attached hydrogen (secondary N) is 1. The van der Waals surface area contributed by atoms with E-state index in [1.807, 2.05) is 24.3 Å². The number of nitrogens with zero attached hydrogens (tertiary/aromatic N) is 6. The van der Waals surface area contributed by atoms with Gasteiger partial charge in [-0.1, -0.05) is 0 Å². The second kappa shape index (κ2) is 9.40. The molecular weight excluding hydrogens is 430 g/mol. The van der Waals surface area contributed by atoms with E-state index in [4.69, 9.17) is 4.74 Å². The minimum Gasteiger partial charge on any atom is -0.495 e. The molecule has 0 unspecified atom stereocenters. The van der Waals surface area contributed by atoms with E-state index in [1.165, 1.54) is 0 Å². The van der Waals surface area contributed by atoms with Crippen molar-refractivity contribution in [2.24, 2.45) is 0 Å². The van der Waals surface area contributed by atoms with Crippen LogP contribution < -0.4 is 15.0 Å². The summed E-state index contributed by atoms with van der Waals surface area (Å²) in [5.74, 6) is 1.72. The SMILES string of the molecule is COc1cncc(-c2cc3cc(NC(=O)c4ccnc(N5CCN(C)CC5)c4)ncc3cn2)c1. The van der Waals surface area contributed by atoms with Crippen LogP contribution >= 0.6 is 0 Å². The van der Waals surface area contributed by atoms with Crippen LogP contribution in [0.25, 0.3) is 22.0 Å². The summed E-state index contributed by atoms with van der Waals surface area (Å²) in [6.45, 7) is 3.73. The summed E-state index contributed by atoms with van der Waals surface area (Å²) in [5, 5.41) is 4.69. The number of ether oxygens (including phenoxy) is 1. The highest BCUT2D eigenvalue weighted by Crippen LogP contribution is 2.25. The Morgan fingerprint density at radius 1 is 0.941 bits per heavy atom. The molecule has 4 aromatic rings. The summed E-state index contributed by atoms with van der Waals surface area (Å²) in [6.07, 6.45) is 8.52. The van der Waals surface area contributed by atoms with E-state index >= 15 is 0 Å². The molecule has 1 N–H and O–H groups in total. The maximum atomic E-state index is 13.0. The molecule has 9 nitrogen and oxygen atoms in total. The summed E-state index contributed by atoms with van der Waals surface area (Å²) in [6, 6.07) is 9.22. The highest BCUT2D eigenvalue weighted by atomic mass is 16.5. The molecule has 9 heteroatoms. The molecule has 0 aromatic carbocycles. The molecule has 34 heavy (non-hydrogen) atoms. The second-order valence-corrected chi connectivity index (χ2v) is 8.25. The molecule has 172 valence electrons. The Bertz CT molecular complexity index is 1340. The third kappa shape index (κ3) is 4.65. The van der Waals surface area contributed by atoms with Gasteiger partial charge in [-0.3, -0.25) is 14.8 Å². The maximum absolute atomic E-state index is 13.0. The number of fused-ring (bicyclic) bond motifs is 1. The van der Waals surface area contributed by atoms with E-state index in [-0.39, 0.29) is 5.91 Å². The number of carbonyl (C=O) groups excluding carboxylic acids is 1. The van der Waals surface area contributed by atoms with Crippen LogP contribution in [0.15, 0.2) is 61.3 Å². The van der Waals surface area contributed by atoms with Crippen LogP contribution in [0.3, 0.4) is 0 Å². The molecule has 5 rings (SSSR count). The smallest absolute Gasteiger partial charge is 0.257 e. The first-order chi connectivity index (χ1) is 16.6. The van der Waals surface area contributed by atoms with E-state index in [2.05, 4.69) is 42.1 Å². The van der Waals surface area contributed by atoms with Gasteiger partial charge in [0.15, 0.2) is 0 Å². The van der Waals surface area contributed by atoms with Gasteiger partial charge in [-0.25, -0.2) is 9.97 Å². The standard InChI is InChI=1S/C25H25N7O2/c1-31-5-7-32(8-6-31)24-12-17(3-4-27-24)25(33)30-23-11-18-10-22(28-14-20(18)15-29-23)19-9-21(34-2)16-26-13-19/h3-4,9-16H,5-8H2,1-2H3,(H,29,30,33). The largest absolute Gasteiger partial charge is 0.495 e. The highest BCUT2D eigenvalue weighted by molar-refractivity contribution is 6.05. The van der Waals surface area contributed by atoms with Crippen LogP contribution in [-0.2, 0) is 0 Å². The molecule has 4 aromatic heterocycles. The minimum atomic E-state index is -0.226. The van der Waals surface area contributed by atoms with Crippen molar-refractivity contribution in [1.29, 1.82) is 0 Å². The van der Waals surface area contributed by atoms with Gasteiger partial charge in [-0.2, -0.15) is 0 Å². The molecule has 0 radical (unpaired) electrons. The lowest BCUT2D eigenvalue weighted by atomic mass is 10.1. The average Bonchev–Trinajstić information content (AvgIpc) is 2.89. The van der Waals surface area contributed by atoms with Gasteiger partial charge < -0.3 is 19.9 Å². The van der Waals surface area contributed by atoms with Crippen molar-refractivity contribution in [1.82, 2.24) is 24.8 Å². The zero-order valence-electron chi connectivity index (χ0n) is 19.1. The Morgan fingerprint density at radius 2 is 1.76 bits per heavy atom. The molecule has 5 heterocycles. The van der Waals surface area contributed by atoms with Crippen molar-refractivity contribution >= 4 is 28.3 Å². The highest BCUT2D eigenvalue weighted by Gasteiger charge is 2.17. The number of aromatic nitrogens is 4. The maximum Gasteiger partial charge on any atom is 0.257 e. The monoisotopic (exact) mass is 455 g/mol. The van der Waals surface area contributed by atoms with Crippen LogP contribution in [0.4, 0.5) is 11.6 Å². The molecule has 0 aliphatic carbocycles. The van der Waals surface area contributed by atoms with Crippen LogP contribution in [-0.4, -0.2) is 71.1 Å². The number of methoxy groups -OCH3 is 1. The Morgan fingerprint density at radius 3 is 2.59 bits per heavy atom. The van der Waals surface area contributed by atoms with Crippen molar-refractivity contribution in [3.63, 3.8) is 0 Å². The zero-order chi connectivity index (χ0) is 23.5. The summed E-state index contributed by atoms with van der Waals surface area (Å²) >= 11 is 0. The van der Waals surface area contributed by atoms with E-state index in [1.54, 1.807) is 44.2 Å². The van der Waals surface area contributed by atoms with Crippen LogP contribution in [0.2, 0.25) is 0 Å². The molecule has 0 saturated carbocycles. The molecule has 1 fully saturated rings. The molecule has 0 spiro atoms. The summed E-state index contributed by atoms with van der Waals surface area (Å²) < 4.78 is 5.26. The van der Waals surface area contributed by atoms with Gasteiger partial charge in [0.2, 0.25) is 0 Å². The van der Waals surface area contributed by atoms with E-state index in [0.29, 0.717) is 17.1 Å². The lowest BCUT2D eigenvalue weighted by molar-refractivity contribution is 0.102. The number of piperazine rings is 1. The van der Waals surface area contributed by atoms with Crippen molar-refractivity contribution < 1.29 is 9.53 Å². The average molecular weight is 456 g/mol. The van der Waals surface area contributed by atoms with Gasteiger partial charge in [0.1, 0.15) is 17.4 Å². The number of hydrogen-bond acceptors (Lipinski definition) is 8. The number of anilines is 2. The molecule has 1 aliphatic rings. The molecule has 1 aliphatic heterocycles. The normalized spacial score (nSPS) is 14.2. The first-order valence-electron chi connectivity index (χ1n) is 11.1. The molecule has 0 atom stereocenters. The predicted octanol–water partition coefficient (Wildman–Crippen LogP) is 3.10. The predicted molar refractivity (Wildman–Crippen MR) is 131 cm³/mol. The fourth-order valence-corrected chi connectivity index (χ4v) is 3.89. The first-order valence-corrected chi connectivity index (χ1v) is 11.1. The number of pyridine rings is 4. The Kier molecular flexibility index (Phi) is 6.01. The van der Waals surface area contributed by atoms with Crippen molar-refractivity contribution in [3.8, 4) is 17.0 Å². The quantitative estimate of drug-likeness (QED) is 0.490. The minimum absolute atomic E-state index is 0.226. The fraction of sp³-hybridized carbons (Fsp3) is 0.240. The first kappa shape index (κ1) is 21.7. The number of rotatable bonds is 5. The Labute approximate surface area is 197 Å². The lowest BCUT2D eigenvalue weighted by Crippen LogP contribution is -2.44. The van der Waals surface area contributed by atoms with Crippen LogP contribution in [0, 0.1) is 0 Å². The topological polar surface area (TPSA) is 96.4 Å². The van der Waals surface area contributed by atoms with Crippen LogP contribution in [0.1, 0.15) is 10.4 Å². The Hall–Kier alpha value is -4.11. The van der Waals surface area contributed by atoms with Crippen molar-refractivity contribution in [2.45, 2.75) is 0 Å². The Balaban J connectivity index is 1.36.